The van der Waals surface area contributed by atoms with Gasteiger partial charge in [0.1, 0.15) is 0 Å². The molecule has 3 nitrogen and oxygen atoms in total. The van der Waals surface area contributed by atoms with Crippen LogP contribution in [0.1, 0.15) is 61.9 Å². The maximum atomic E-state index is 2.78. The van der Waals surface area contributed by atoms with Crippen molar-refractivity contribution in [1.29, 1.82) is 0 Å². The van der Waals surface area contributed by atoms with Crippen LogP contribution in [0.15, 0.2) is 36.5 Å². The van der Waals surface area contributed by atoms with Crippen LogP contribution in [0.5, 0.6) is 0 Å². The number of nitrogens with zero attached hydrogens (tertiary/aromatic N) is 3. The minimum absolute atomic E-state index is 0.146. The topological polar surface area (TPSA) is 13.1 Å². The minimum atomic E-state index is 0.146. The second-order valence-electron chi connectivity index (χ2n) is 8.41. The summed E-state index contributed by atoms with van der Waals surface area (Å²) in [5, 5.41) is 0. The third-order valence-electron chi connectivity index (χ3n) is 7.02. The van der Waals surface area contributed by atoms with Gasteiger partial charge in [-0.1, -0.05) is 37.5 Å². The van der Waals surface area contributed by atoms with Crippen LogP contribution in [0.2, 0.25) is 0 Å². The number of fused-ring (bicyclic) bond motifs is 4. The van der Waals surface area contributed by atoms with Gasteiger partial charge in [0.25, 0.3) is 0 Å². The van der Waals surface area contributed by atoms with Crippen LogP contribution >= 0.6 is 0 Å². The molecule has 1 saturated carbocycles. The summed E-state index contributed by atoms with van der Waals surface area (Å²) in [5.74, 6) is 0. The Morgan fingerprint density at radius 3 is 2.46 bits per heavy atom. The monoisotopic (exact) mass is 347 g/mol. The highest BCUT2D eigenvalue weighted by Gasteiger charge is 2.52. The van der Waals surface area contributed by atoms with Crippen LogP contribution in [-0.4, -0.2) is 9.13 Å². The van der Waals surface area contributed by atoms with Crippen LogP contribution in [0, 0.1) is 6.92 Å². The summed E-state index contributed by atoms with van der Waals surface area (Å²) in [6.07, 6.45) is 8.77. The molecular formula is C23H29N3. The molecule has 0 unspecified atom stereocenters. The van der Waals surface area contributed by atoms with Crippen LogP contribution < -0.4 is 4.90 Å². The quantitative estimate of drug-likeness (QED) is 0.561. The smallest absolute Gasteiger partial charge is 0.0814 e. The van der Waals surface area contributed by atoms with E-state index in [1.807, 2.05) is 0 Å². The number of hydrogen-bond acceptors (Lipinski definition) is 1. The van der Waals surface area contributed by atoms with Gasteiger partial charge in [-0.15, -0.1) is 0 Å². The van der Waals surface area contributed by atoms with E-state index in [2.05, 4.69) is 78.5 Å². The molecule has 5 rings (SSSR count). The summed E-state index contributed by atoms with van der Waals surface area (Å²) in [6.45, 7) is 4.68. The normalized spacial score (nSPS) is 21.7. The maximum absolute atomic E-state index is 2.78. The van der Waals surface area contributed by atoms with Gasteiger partial charge in [0.2, 0.25) is 0 Å². The number of hydrogen-bond donors (Lipinski definition) is 0. The molecule has 3 aromatic rings. The molecule has 1 aliphatic carbocycles. The molecule has 0 radical (unpaired) electrons. The van der Waals surface area contributed by atoms with Gasteiger partial charge in [0.05, 0.1) is 28.3 Å². The van der Waals surface area contributed by atoms with Crippen molar-refractivity contribution < 1.29 is 0 Å². The average molecular weight is 348 g/mol. The lowest BCUT2D eigenvalue weighted by atomic mass is 9.78. The largest absolute Gasteiger partial charge is 0.353 e. The standard InChI is InChI=1S/C23H29N3/c1-16-10-6-7-11-18(16)26-17(2)20-21-19(12-15-24(21)3)25(4)22(20)23(26)13-8-5-9-14-23/h6-7,10-12,15,17H,5,8-9,13-14H2,1-4H3/t17-/m0/s1. The van der Waals surface area contributed by atoms with Crippen LogP contribution in [0.25, 0.3) is 11.0 Å². The Morgan fingerprint density at radius 2 is 1.73 bits per heavy atom. The zero-order valence-corrected chi connectivity index (χ0v) is 16.4. The number of para-hydroxylation sites is 1. The van der Waals surface area contributed by atoms with Gasteiger partial charge in [-0.25, -0.2) is 0 Å². The van der Waals surface area contributed by atoms with E-state index < -0.39 is 0 Å². The van der Waals surface area contributed by atoms with Crippen LogP contribution in [0.3, 0.4) is 0 Å². The Morgan fingerprint density at radius 1 is 1.00 bits per heavy atom. The first-order chi connectivity index (χ1) is 12.6. The highest BCUT2D eigenvalue weighted by Crippen LogP contribution is 2.57. The van der Waals surface area contributed by atoms with E-state index in [0.29, 0.717) is 6.04 Å². The maximum Gasteiger partial charge on any atom is 0.0814 e. The molecule has 0 amide bonds. The molecule has 1 atom stereocenters. The van der Waals surface area contributed by atoms with Crippen molar-refractivity contribution in [3.63, 3.8) is 0 Å². The van der Waals surface area contributed by atoms with E-state index in [4.69, 9.17) is 0 Å². The molecule has 2 aliphatic rings. The second-order valence-corrected chi connectivity index (χ2v) is 8.41. The molecule has 136 valence electrons. The van der Waals surface area contributed by atoms with Crippen LogP contribution in [-0.2, 0) is 19.6 Å². The average Bonchev–Trinajstić information content (AvgIpc) is 3.23. The Bertz CT molecular complexity index is 984. The van der Waals surface area contributed by atoms with Crippen LogP contribution in [0.4, 0.5) is 5.69 Å². The van der Waals surface area contributed by atoms with Gasteiger partial charge >= 0.3 is 0 Å². The second kappa shape index (κ2) is 5.42. The number of rotatable bonds is 1. The predicted molar refractivity (Wildman–Crippen MR) is 109 cm³/mol. The van der Waals surface area contributed by atoms with Gasteiger partial charge in [0, 0.05) is 31.5 Å². The molecule has 0 bridgehead atoms. The Labute approximate surface area is 156 Å². The van der Waals surface area contributed by atoms with Crippen molar-refractivity contribution in [3.8, 4) is 0 Å². The van der Waals surface area contributed by atoms with E-state index in [1.54, 1.807) is 11.3 Å². The van der Waals surface area contributed by atoms with Crippen molar-refractivity contribution in [3.05, 3.63) is 53.3 Å². The number of aryl methyl sites for hydroxylation is 3. The summed E-state index contributed by atoms with van der Waals surface area (Å²) in [6, 6.07) is 11.6. The molecule has 0 saturated heterocycles. The van der Waals surface area contributed by atoms with E-state index in [9.17, 15) is 0 Å². The van der Waals surface area contributed by atoms with E-state index >= 15 is 0 Å². The van der Waals surface area contributed by atoms with Crippen molar-refractivity contribution in [2.24, 2.45) is 14.1 Å². The molecule has 1 aliphatic heterocycles. The number of aromatic nitrogens is 2. The number of anilines is 1. The van der Waals surface area contributed by atoms with Gasteiger partial charge in [-0.05, 0) is 44.4 Å². The van der Waals surface area contributed by atoms with Crippen molar-refractivity contribution in [2.75, 3.05) is 4.90 Å². The van der Waals surface area contributed by atoms with Crippen molar-refractivity contribution >= 4 is 16.7 Å². The summed E-state index contributed by atoms with van der Waals surface area (Å²) in [7, 11) is 4.48. The third-order valence-corrected chi connectivity index (χ3v) is 7.02. The van der Waals surface area contributed by atoms with E-state index in [1.165, 1.54) is 54.4 Å². The number of benzene rings is 1. The van der Waals surface area contributed by atoms with E-state index in [-0.39, 0.29) is 5.54 Å². The first-order valence-corrected chi connectivity index (χ1v) is 10.1. The lowest BCUT2D eigenvalue weighted by molar-refractivity contribution is 0.273. The molecule has 3 heterocycles. The molecule has 1 spiro atoms. The van der Waals surface area contributed by atoms with Gasteiger partial charge < -0.3 is 14.0 Å². The Hall–Kier alpha value is -2.16. The fourth-order valence-corrected chi connectivity index (χ4v) is 5.99. The molecule has 1 fully saturated rings. The fraction of sp³-hybridized carbons (Fsp3) is 0.478. The van der Waals surface area contributed by atoms with Gasteiger partial charge in [-0.3, -0.25) is 0 Å². The molecule has 1 aromatic carbocycles. The van der Waals surface area contributed by atoms with Gasteiger partial charge in [-0.2, -0.15) is 0 Å². The molecule has 3 heteroatoms. The molecule has 0 N–H and O–H groups in total. The highest BCUT2D eigenvalue weighted by atomic mass is 15.3. The summed E-state index contributed by atoms with van der Waals surface area (Å²) in [5.41, 5.74) is 8.90. The SMILES string of the molecule is Cc1ccccc1N1[C@@H](C)c2c(n(C)c3ccn(C)c23)C12CCCCC2. The Kier molecular flexibility index (Phi) is 3.34. The molecular weight excluding hydrogens is 318 g/mol. The summed E-state index contributed by atoms with van der Waals surface area (Å²) in [4.78, 5) is 2.78. The fourth-order valence-electron chi connectivity index (χ4n) is 5.99. The zero-order chi connectivity index (χ0) is 18.1. The Balaban J connectivity index is 1.83. The first-order valence-electron chi connectivity index (χ1n) is 10.1. The molecule has 2 aromatic heterocycles. The zero-order valence-electron chi connectivity index (χ0n) is 16.4. The summed E-state index contributed by atoms with van der Waals surface area (Å²) < 4.78 is 4.83. The molecule has 26 heavy (non-hydrogen) atoms. The third kappa shape index (κ3) is 1.84. The lowest BCUT2D eigenvalue weighted by Gasteiger charge is -2.46. The van der Waals surface area contributed by atoms with Gasteiger partial charge in [0.15, 0.2) is 0 Å². The van der Waals surface area contributed by atoms with Crippen molar-refractivity contribution in [1.82, 2.24) is 9.13 Å². The first kappa shape index (κ1) is 16.0. The summed E-state index contributed by atoms with van der Waals surface area (Å²) >= 11 is 0. The lowest BCUT2D eigenvalue weighted by Crippen LogP contribution is -2.45. The van der Waals surface area contributed by atoms with Crippen molar-refractivity contribution in [2.45, 2.75) is 57.5 Å². The minimum Gasteiger partial charge on any atom is -0.353 e. The highest BCUT2D eigenvalue weighted by molar-refractivity contribution is 5.87. The van der Waals surface area contributed by atoms with E-state index in [0.717, 1.165) is 0 Å². The predicted octanol–water partition coefficient (Wildman–Crippen LogP) is 5.57.